The van der Waals surface area contributed by atoms with Gasteiger partial charge in [0, 0.05) is 23.0 Å². The van der Waals surface area contributed by atoms with Crippen molar-refractivity contribution in [1.82, 2.24) is 15.0 Å². The first-order valence-corrected chi connectivity index (χ1v) is 15.5. The largest absolute Gasteiger partial charge is 0.370 e. The van der Waals surface area contributed by atoms with E-state index >= 15 is 0 Å². The van der Waals surface area contributed by atoms with E-state index in [9.17, 15) is 18.0 Å². The highest BCUT2D eigenvalue weighted by Gasteiger charge is 2.29. The van der Waals surface area contributed by atoms with Crippen LogP contribution in [0.15, 0.2) is 70.0 Å². The number of benzene rings is 2. The van der Waals surface area contributed by atoms with E-state index in [1.165, 1.54) is 28.9 Å². The number of carbonyl (C=O) groups is 2. The summed E-state index contributed by atoms with van der Waals surface area (Å²) in [7, 11) is -4.12. The second-order valence-electron chi connectivity index (χ2n) is 9.19. The fraction of sp³-hybridized carbons (Fsp3) is 0.185. The Hall–Kier alpha value is -3.82. The molecular weight excluding hydrogens is 618 g/mol. The topological polar surface area (TPSA) is 182 Å². The van der Waals surface area contributed by atoms with Crippen molar-refractivity contribution in [3.63, 3.8) is 0 Å². The van der Waals surface area contributed by atoms with E-state index in [-0.39, 0.29) is 29.8 Å². The van der Waals surface area contributed by atoms with Crippen molar-refractivity contribution >= 4 is 73.7 Å². The van der Waals surface area contributed by atoms with Gasteiger partial charge in [-0.3, -0.25) is 9.59 Å². The summed E-state index contributed by atoms with van der Waals surface area (Å²) < 4.78 is 29.3. The molecule has 0 spiro atoms. The summed E-state index contributed by atoms with van der Waals surface area (Å²) in [5, 5.41) is 7.27. The van der Waals surface area contributed by atoms with Crippen LogP contribution in [-0.4, -0.2) is 43.8 Å². The van der Waals surface area contributed by atoms with Crippen LogP contribution < -0.4 is 26.8 Å². The Balaban J connectivity index is 0.00000484. The lowest BCUT2D eigenvalue weighted by molar-refractivity contribution is -0.117. The number of aryl methyl sites for hydroxylation is 3. The second kappa shape index (κ2) is 13.9. The summed E-state index contributed by atoms with van der Waals surface area (Å²) in [6, 6.07) is 12.8. The van der Waals surface area contributed by atoms with E-state index in [0.717, 1.165) is 16.0 Å². The van der Waals surface area contributed by atoms with Crippen molar-refractivity contribution in [2.75, 3.05) is 11.9 Å². The van der Waals surface area contributed by atoms with Crippen molar-refractivity contribution in [2.45, 2.75) is 31.7 Å². The maximum Gasteiger partial charge on any atom is 0.261 e. The minimum atomic E-state index is -4.12. The molecule has 1 atom stereocenters. The molecule has 0 fully saturated rings. The average molecular weight is 648 g/mol. The number of aromatic nitrogens is 1. The molecule has 0 aliphatic carbocycles. The van der Waals surface area contributed by atoms with Gasteiger partial charge in [0.2, 0.25) is 15.9 Å². The molecule has 0 saturated carbocycles. The van der Waals surface area contributed by atoms with Crippen LogP contribution >= 0.6 is 35.1 Å². The number of guanidine groups is 1. The fourth-order valence-corrected chi connectivity index (χ4v) is 7.38. The summed E-state index contributed by atoms with van der Waals surface area (Å²) in [5.41, 5.74) is 14.3. The van der Waals surface area contributed by atoms with E-state index in [1.54, 1.807) is 61.7 Å². The SMILES string of the molecule is Cc1cc(C)c(S(=O)(=O)NC(CNC(=O)c2ccc(-c3cccc(N=C(N)N)c3)s2)C(=O)Nc2nccs2)c(C)c1.Cl. The molecule has 222 valence electrons. The van der Waals surface area contributed by atoms with Gasteiger partial charge < -0.3 is 22.1 Å². The molecule has 2 amide bonds. The van der Waals surface area contributed by atoms with E-state index in [1.807, 2.05) is 13.0 Å². The maximum atomic E-state index is 13.4. The summed E-state index contributed by atoms with van der Waals surface area (Å²) in [6.45, 7) is 4.97. The number of nitrogens with two attached hydrogens (primary N) is 2. The number of sulfonamides is 1. The van der Waals surface area contributed by atoms with Crippen LogP contribution in [-0.2, 0) is 14.8 Å². The Kier molecular flexibility index (Phi) is 10.8. The number of carbonyl (C=O) groups excluding carboxylic acids is 2. The van der Waals surface area contributed by atoms with Gasteiger partial charge in [0.25, 0.3) is 5.91 Å². The molecule has 2 aromatic carbocycles. The third-order valence-electron chi connectivity index (χ3n) is 5.84. The number of anilines is 1. The molecule has 0 radical (unpaired) electrons. The van der Waals surface area contributed by atoms with Crippen LogP contribution in [0.1, 0.15) is 26.4 Å². The summed E-state index contributed by atoms with van der Waals surface area (Å²) >= 11 is 2.42. The van der Waals surface area contributed by atoms with Crippen LogP contribution in [0.25, 0.3) is 10.4 Å². The van der Waals surface area contributed by atoms with Gasteiger partial charge in [0.05, 0.1) is 15.5 Å². The van der Waals surface area contributed by atoms with Gasteiger partial charge in [0.1, 0.15) is 6.04 Å². The van der Waals surface area contributed by atoms with Crippen LogP contribution in [0.2, 0.25) is 0 Å². The zero-order valence-electron chi connectivity index (χ0n) is 22.9. The fourth-order valence-electron chi connectivity index (χ4n) is 4.28. The summed E-state index contributed by atoms with van der Waals surface area (Å²) in [5.74, 6) is -1.18. The van der Waals surface area contributed by atoms with E-state index < -0.39 is 27.9 Å². The molecule has 0 saturated heterocycles. The zero-order valence-corrected chi connectivity index (χ0v) is 26.1. The minimum absolute atomic E-state index is 0. The highest BCUT2D eigenvalue weighted by Crippen LogP contribution is 2.30. The Morgan fingerprint density at radius 2 is 1.76 bits per heavy atom. The molecule has 4 rings (SSSR count). The number of nitrogens with one attached hydrogen (secondary N) is 3. The molecule has 42 heavy (non-hydrogen) atoms. The number of halogens is 1. The number of nitrogens with zero attached hydrogens (tertiary/aromatic N) is 2. The van der Waals surface area contributed by atoms with Gasteiger partial charge in [-0.1, -0.05) is 29.8 Å². The lowest BCUT2D eigenvalue weighted by Crippen LogP contribution is -2.50. The average Bonchev–Trinajstić information content (AvgIpc) is 3.58. The number of thiazole rings is 1. The zero-order chi connectivity index (χ0) is 29.7. The number of hydrogen-bond acceptors (Lipinski definition) is 8. The lowest BCUT2D eigenvalue weighted by Gasteiger charge is -2.20. The van der Waals surface area contributed by atoms with Gasteiger partial charge in [-0.2, -0.15) is 4.72 Å². The van der Waals surface area contributed by atoms with Crippen LogP contribution in [0.3, 0.4) is 0 Å². The first-order chi connectivity index (χ1) is 19.4. The van der Waals surface area contributed by atoms with Crippen LogP contribution in [0, 0.1) is 20.8 Å². The Morgan fingerprint density at radius 1 is 1.05 bits per heavy atom. The number of rotatable bonds is 10. The lowest BCUT2D eigenvalue weighted by atomic mass is 10.1. The molecule has 0 aliphatic heterocycles. The van der Waals surface area contributed by atoms with Gasteiger partial charge in [-0.25, -0.2) is 18.4 Å². The molecule has 1 unspecified atom stereocenters. The molecular formula is C27H30ClN7O4S3. The van der Waals surface area contributed by atoms with Gasteiger partial charge >= 0.3 is 0 Å². The van der Waals surface area contributed by atoms with Crippen LogP contribution in [0.4, 0.5) is 10.8 Å². The quantitative estimate of drug-likeness (QED) is 0.128. The third-order valence-corrected chi connectivity index (χ3v) is 9.43. The van der Waals surface area contributed by atoms with Crippen molar-refractivity contribution in [1.29, 1.82) is 0 Å². The van der Waals surface area contributed by atoms with Gasteiger partial charge in [-0.05, 0) is 61.7 Å². The standard InChI is InChI=1S/C27H29N7O4S3.ClH/c1-15-11-16(2)23(17(3)12-15)41(37,38)34-20(24(35)33-27-30-9-10-39-27)14-31-25(36)22-8-7-21(40-22)18-5-4-6-19(13-18)32-26(28)29;/h4-13,20,34H,14H2,1-3H3,(H,31,36)(H4,28,29,32)(H,30,33,35);1H. The van der Waals surface area contributed by atoms with Crippen molar-refractivity contribution in [3.05, 3.63) is 81.7 Å². The second-order valence-corrected chi connectivity index (χ2v) is 12.8. The maximum absolute atomic E-state index is 13.4. The molecule has 2 heterocycles. The Bertz CT molecular complexity index is 1690. The molecule has 15 heteroatoms. The summed E-state index contributed by atoms with van der Waals surface area (Å²) in [4.78, 5) is 35.5. The van der Waals surface area contributed by atoms with Gasteiger partial charge in [-0.15, -0.1) is 35.1 Å². The molecule has 0 bridgehead atoms. The predicted octanol–water partition coefficient (Wildman–Crippen LogP) is 3.84. The number of aliphatic imine (C=N–C) groups is 1. The third kappa shape index (κ3) is 8.14. The number of thiophene rings is 1. The summed E-state index contributed by atoms with van der Waals surface area (Å²) in [6.07, 6.45) is 1.52. The Morgan fingerprint density at radius 3 is 2.40 bits per heavy atom. The van der Waals surface area contributed by atoms with E-state index in [0.29, 0.717) is 26.8 Å². The molecule has 0 aliphatic rings. The molecule has 2 aromatic heterocycles. The van der Waals surface area contributed by atoms with Crippen molar-refractivity contribution in [2.24, 2.45) is 16.5 Å². The highest BCUT2D eigenvalue weighted by molar-refractivity contribution is 7.89. The normalized spacial score (nSPS) is 11.7. The first kappa shape index (κ1) is 32.7. The number of amides is 2. The highest BCUT2D eigenvalue weighted by atomic mass is 35.5. The minimum Gasteiger partial charge on any atom is -0.370 e. The predicted molar refractivity (Wildman–Crippen MR) is 170 cm³/mol. The van der Waals surface area contributed by atoms with Crippen molar-refractivity contribution in [3.8, 4) is 10.4 Å². The number of hydrogen-bond donors (Lipinski definition) is 5. The van der Waals surface area contributed by atoms with Crippen molar-refractivity contribution < 1.29 is 18.0 Å². The van der Waals surface area contributed by atoms with Gasteiger partial charge in [0.15, 0.2) is 11.1 Å². The van der Waals surface area contributed by atoms with E-state index in [4.69, 9.17) is 11.5 Å². The molecule has 7 N–H and O–H groups in total. The van der Waals surface area contributed by atoms with E-state index in [2.05, 4.69) is 25.3 Å². The first-order valence-electron chi connectivity index (χ1n) is 12.3. The van der Waals surface area contributed by atoms with Crippen LogP contribution in [0.5, 0.6) is 0 Å². The Labute approximate surface area is 257 Å². The molecule has 4 aromatic rings. The monoisotopic (exact) mass is 647 g/mol. The molecule has 11 nitrogen and oxygen atoms in total. The smallest absolute Gasteiger partial charge is 0.261 e.